The first-order valence-corrected chi connectivity index (χ1v) is 5.74. The number of carbonyl (C=O) groups excluding carboxylic acids is 1. The fraction of sp³-hybridized carbons (Fsp3) is 0.917. The summed E-state index contributed by atoms with van der Waals surface area (Å²) >= 11 is 0. The monoisotopic (exact) mass is 195 g/mol. The van der Waals surface area contributed by atoms with E-state index in [1.54, 1.807) is 0 Å². The van der Waals surface area contributed by atoms with Crippen LogP contribution in [0.1, 0.15) is 40.0 Å². The fourth-order valence-electron chi connectivity index (χ4n) is 2.89. The van der Waals surface area contributed by atoms with Gasteiger partial charge in [0.05, 0.1) is 0 Å². The summed E-state index contributed by atoms with van der Waals surface area (Å²) < 4.78 is 0. The van der Waals surface area contributed by atoms with Crippen LogP contribution in [0.4, 0.5) is 0 Å². The maximum atomic E-state index is 11.4. The van der Waals surface area contributed by atoms with E-state index in [1.807, 2.05) is 0 Å². The summed E-state index contributed by atoms with van der Waals surface area (Å²) in [6.45, 7) is 9.25. The normalized spacial score (nSPS) is 38.1. The van der Waals surface area contributed by atoms with Gasteiger partial charge in [0.2, 0.25) is 0 Å². The van der Waals surface area contributed by atoms with Crippen molar-refractivity contribution in [3.63, 3.8) is 0 Å². The molecule has 0 spiro atoms. The summed E-state index contributed by atoms with van der Waals surface area (Å²) in [5, 5.41) is 0. The largest absolute Gasteiger partial charge is 0.300 e. The van der Waals surface area contributed by atoms with E-state index in [2.05, 4.69) is 25.7 Å². The summed E-state index contributed by atoms with van der Waals surface area (Å²) in [5.41, 5.74) is 0.486. The zero-order valence-corrected chi connectivity index (χ0v) is 9.55. The first kappa shape index (κ1) is 10.2. The van der Waals surface area contributed by atoms with E-state index in [1.165, 1.54) is 13.1 Å². The Morgan fingerprint density at radius 2 is 2.00 bits per heavy atom. The molecule has 2 nitrogen and oxygen atoms in total. The molecule has 1 aliphatic heterocycles. The Bertz CT molecular complexity index is 239. The highest BCUT2D eigenvalue weighted by Gasteiger charge is 2.41. The van der Waals surface area contributed by atoms with Gasteiger partial charge >= 0.3 is 0 Å². The molecule has 1 saturated carbocycles. The number of likely N-dealkylation sites (tertiary alicyclic amines) is 1. The van der Waals surface area contributed by atoms with E-state index in [9.17, 15) is 4.79 Å². The number of Topliss-reactive ketones (excluding diaryl/α,β-unsaturated/α-hetero) is 1. The summed E-state index contributed by atoms with van der Waals surface area (Å²) in [5.74, 6) is 1.18. The average molecular weight is 195 g/mol. The lowest BCUT2D eigenvalue weighted by Crippen LogP contribution is -2.59. The second-order valence-electron chi connectivity index (χ2n) is 5.90. The molecule has 0 N–H and O–H groups in total. The Kier molecular flexibility index (Phi) is 2.42. The van der Waals surface area contributed by atoms with Crippen LogP contribution in [0, 0.1) is 11.3 Å². The van der Waals surface area contributed by atoms with Crippen molar-refractivity contribution in [3.8, 4) is 0 Å². The summed E-state index contributed by atoms with van der Waals surface area (Å²) in [6.07, 6.45) is 2.71. The maximum absolute atomic E-state index is 11.4. The van der Waals surface area contributed by atoms with E-state index in [0.29, 0.717) is 23.2 Å². The highest BCUT2D eigenvalue weighted by molar-refractivity contribution is 5.79. The van der Waals surface area contributed by atoms with E-state index < -0.39 is 0 Å². The van der Waals surface area contributed by atoms with Crippen LogP contribution in [0.3, 0.4) is 0 Å². The molecule has 0 radical (unpaired) electrons. The van der Waals surface area contributed by atoms with Crippen molar-refractivity contribution in [2.24, 2.45) is 11.3 Å². The predicted molar refractivity (Wildman–Crippen MR) is 57.2 cm³/mol. The van der Waals surface area contributed by atoms with Crippen molar-refractivity contribution in [3.05, 3.63) is 0 Å². The predicted octanol–water partition coefficient (Wildman–Crippen LogP) is 2.09. The Morgan fingerprint density at radius 1 is 1.36 bits per heavy atom. The lowest BCUT2D eigenvalue weighted by atomic mass is 9.77. The lowest BCUT2D eigenvalue weighted by Gasteiger charge is -2.52. The van der Waals surface area contributed by atoms with Gasteiger partial charge in [0.1, 0.15) is 5.78 Å². The Balaban J connectivity index is 1.94. The van der Waals surface area contributed by atoms with Crippen molar-refractivity contribution in [1.82, 2.24) is 4.90 Å². The highest BCUT2D eigenvalue weighted by Crippen LogP contribution is 2.36. The quantitative estimate of drug-likeness (QED) is 0.638. The summed E-state index contributed by atoms with van der Waals surface area (Å²) in [7, 11) is 0. The number of nitrogens with zero attached hydrogens (tertiary/aromatic N) is 1. The third-order valence-corrected chi connectivity index (χ3v) is 3.70. The molecule has 2 atom stereocenters. The van der Waals surface area contributed by atoms with Gasteiger partial charge < -0.3 is 0 Å². The molecular weight excluding hydrogens is 174 g/mol. The van der Waals surface area contributed by atoms with Crippen LogP contribution >= 0.6 is 0 Å². The standard InChI is InChI=1S/C12H21NO/c1-9-4-5-10(14)6-11(9)13-7-12(2,3)8-13/h9,11H,4-8H2,1-3H3. The third kappa shape index (κ3) is 1.85. The molecule has 2 fully saturated rings. The second kappa shape index (κ2) is 3.34. The molecule has 2 unspecified atom stereocenters. The van der Waals surface area contributed by atoms with Crippen molar-refractivity contribution in [2.45, 2.75) is 46.1 Å². The van der Waals surface area contributed by atoms with Gasteiger partial charge in [-0.1, -0.05) is 20.8 Å². The Morgan fingerprint density at radius 3 is 2.57 bits per heavy atom. The van der Waals surface area contributed by atoms with Crippen LogP contribution in [-0.4, -0.2) is 29.8 Å². The number of carbonyl (C=O) groups is 1. The minimum Gasteiger partial charge on any atom is -0.300 e. The zero-order valence-electron chi connectivity index (χ0n) is 9.55. The molecule has 0 bridgehead atoms. The summed E-state index contributed by atoms with van der Waals surface area (Å²) in [6, 6.07) is 0.546. The minimum atomic E-state index is 0.470. The molecule has 2 aliphatic rings. The van der Waals surface area contributed by atoms with Crippen molar-refractivity contribution in [2.75, 3.05) is 13.1 Å². The van der Waals surface area contributed by atoms with Crippen LogP contribution in [0.2, 0.25) is 0 Å². The molecule has 0 aromatic carbocycles. The molecule has 80 valence electrons. The number of hydrogen-bond donors (Lipinski definition) is 0. The van der Waals surface area contributed by atoms with Gasteiger partial charge in [-0.15, -0.1) is 0 Å². The van der Waals surface area contributed by atoms with Gasteiger partial charge in [-0.2, -0.15) is 0 Å². The van der Waals surface area contributed by atoms with Crippen LogP contribution < -0.4 is 0 Å². The van der Waals surface area contributed by atoms with Gasteiger partial charge in [0, 0.05) is 32.0 Å². The molecule has 1 heterocycles. The van der Waals surface area contributed by atoms with Gasteiger partial charge in [-0.25, -0.2) is 0 Å². The average Bonchev–Trinajstić information content (AvgIpc) is 2.05. The van der Waals surface area contributed by atoms with Gasteiger partial charge in [0.25, 0.3) is 0 Å². The fourth-order valence-corrected chi connectivity index (χ4v) is 2.89. The van der Waals surface area contributed by atoms with Gasteiger partial charge in [-0.05, 0) is 17.8 Å². The van der Waals surface area contributed by atoms with Gasteiger partial charge in [-0.3, -0.25) is 9.69 Å². The summed E-state index contributed by atoms with van der Waals surface area (Å²) in [4.78, 5) is 13.9. The maximum Gasteiger partial charge on any atom is 0.134 e. The van der Waals surface area contributed by atoms with E-state index in [0.717, 1.165) is 19.3 Å². The van der Waals surface area contributed by atoms with Gasteiger partial charge in [0.15, 0.2) is 0 Å². The van der Waals surface area contributed by atoms with Crippen LogP contribution in [-0.2, 0) is 4.79 Å². The number of hydrogen-bond acceptors (Lipinski definition) is 2. The van der Waals surface area contributed by atoms with E-state index in [4.69, 9.17) is 0 Å². The molecule has 2 heteroatoms. The highest BCUT2D eigenvalue weighted by atomic mass is 16.1. The molecule has 1 saturated heterocycles. The smallest absolute Gasteiger partial charge is 0.134 e. The molecule has 0 amide bonds. The van der Waals surface area contributed by atoms with Crippen molar-refractivity contribution in [1.29, 1.82) is 0 Å². The minimum absolute atomic E-state index is 0.470. The Hall–Kier alpha value is -0.370. The molecule has 14 heavy (non-hydrogen) atoms. The van der Waals surface area contributed by atoms with E-state index >= 15 is 0 Å². The molecule has 2 rings (SSSR count). The molecule has 0 aromatic rings. The third-order valence-electron chi connectivity index (χ3n) is 3.70. The Labute approximate surface area is 86.7 Å². The SMILES string of the molecule is CC1CCC(=O)CC1N1CC(C)(C)C1. The van der Waals surface area contributed by atoms with E-state index in [-0.39, 0.29) is 0 Å². The number of ketones is 1. The zero-order chi connectivity index (χ0) is 10.3. The first-order chi connectivity index (χ1) is 6.48. The number of rotatable bonds is 1. The van der Waals surface area contributed by atoms with Crippen LogP contribution in [0.5, 0.6) is 0 Å². The van der Waals surface area contributed by atoms with Crippen molar-refractivity contribution >= 4 is 5.78 Å². The molecular formula is C12H21NO. The van der Waals surface area contributed by atoms with Crippen molar-refractivity contribution < 1.29 is 4.79 Å². The molecule has 0 aromatic heterocycles. The lowest BCUT2D eigenvalue weighted by molar-refractivity contribution is -0.126. The first-order valence-electron chi connectivity index (χ1n) is 5.74. The molecule has 1 aliphatic carbocycles. The van der Waals surface area contributed by atoms with Crippen LogP contribution in [0.15, 0.2) is 0 Å². The second-order valence-corrected chi connectivity index (χ2v) is 5.90. The topological polar surface area (TPSA) is 20.3 Å². The van der Waals surface area contributed by atoms with Crippen LogP contribution in [0.25, 0.3) is 0 Å².